The first kappa shape index (κ1) is 7.56. The maximum Gasteiger partial charge on any atom is 0.0725 e. The fraction of sp³-hybridized carbons (Fsp3) is 1.00. The largest absolute Gasteiger partial charge is 0.389 e. The van der Waals surface area contributed by atoms with Crippen LogP contribution in [0.1, 0.15) is 26.2 Å². The zero-order chi connectivity index (χ0) is 7.90. The van der Waals surface area contributed by atoms with Gasteiger partial charge in [0.25, 0.3) is 0 Å². The van der Waals surface area contributed by atoms with Gasteiger partial charge in [0.2, 0.25) is 0 Å². The van der Waals surface area contributed by atoms with Crippen molar-refractivity contribution in [3.05, 3.63) is 0 Å². The van der Waals surface area contributed by atoms with Crippen LogP contribution >= 0.6 is 0 Å². The number of hydrogen-bond acceptors (Lipinski definition) is 2. The van der Waals surface area contributed by atoms with E-state index in [1.807, 2.05) is 0 Å². The lowest BCUT2D eigenvalue weighted by atomic mass is 9.79. The van der Waals surface area contributed by atoms with Crippen LogP contribution in [0.25, 0.3) is 0 Å². The van der Waals surface area contributed by atoms with Gasteiger partial charge < -0.3 is 10.4 Å². The predicted octanol–water partition coefficient (Wildman–Crippen LogP) is 0.757. The molecule has 1 aliphatic carbocycles. The highest BCUT2D eigenvalue weighted by molar-refractivity contribution is 5.02. The topological polar surface area (TPSA) is 32.3 Å². The normalized spacial score (nSPS) is 49.6. The second kappa shape index (κ2) is 2.46. The van der Waals surface area contributed by atoms with Crippen LogP contribution in [0.15, 0.2) is 0 Å². The Labute approximate surface area is 68.0 Å². The summed E-state index contributed by atoms with van der Waals surface area (Å²) in [5, 5.41) is 13.6. The van der Waals surface area contributed by atoms with Gasteiger partial charge in [0.1, 0.15) is 0 Å². The summed E-state index contributed by atoms with van der Waals surface area (Å²) in [4.78, 5) is 0. The van der Waals surface area contributed by atoms with Crippen molar-refractivity contribution in [2.45, 2.75) is 31.8 Å². The van der Waals surface area contributed by atoms with Gasteiger partial charge in [-0.15, -0.1) is 0 Å². The van der Waals surface area contributed by atoms with E-state index in [4.69, 9.17) is 0 Å². The molecule has 1 aliphatic heterocycles. The third-order valence-corrected chi connectivity index (χ3v) is 3.63. The van der Waals surface area contributed by atoms with Crippen molar-refractivity contribution in [3.8, 4) is 0 Å². The molecule has 0 spiro atoms. The number of nitrogens with one attached hydrogen (secondary N) is 1. The van der Waals surface area contributed by atoms with Gasteiger partial charge in [0, 0.05) is 24.9 Å². The van der Waals surface area contributed by atoms with Crippen molar-refractivity contribution >= 4 is 0 Å². The van der Waals surface area contributed by atoms with Crippen molar-refractivity contribution in [2.24, 2.45) is 11.8 Å². The van der Waals surface area contributed by atoms with E-state index >= 15 is 0 Å². The summed E-state index contributed by atoms with van der Waals surface area (Å²) in [6, 6.07) is 0. The zero-order valence-corrected chi connectivity index (χ0v) is 7.14. The molecule has 2 unspecified atom stereocenters. The van der Waals surface area contributed by atoms with Crippen LogP contribution in [0.5, 0.6) is 0 Å². The highest BCUT2D eigenvalue weighted by atomic mass is 16.3. The fourth-order valence-electron chi connectivity index (χ4n) is 2.80. The third-order valence-electron chi connectivity index (χ3n) is 3.63. The molecule has 2 rings (SSSR count). The molecule has 2 N–H and O–H groups in total. The second-order valence-corrected chi connectivity index (χ2v) is 3.97. The van der Waals surface area contributed by atoms with Crippen molar-refractivity contribution in [3.63, 3.8) is 0 Å². The quantitative estimate of drug-likeness (QED) is 0.586. The molecule has 1 saturated heterocycles. The molecule has 2 aliphatic rings. The average Bonchev–Trinajstić information content (AvgIpc) is 2.29. The number of aliphatic hydroxyl groups is 1. The number of hydrogen-bond donors (Lipinski definition) is 2. The number of rotatable bonds is 1. The van der Waals surface area contributed by atoms with Crippen molar-refractivity contribution in [2.75, 3.05) is 13.1 Å². The minimum absolute atomic E-state index is 0.314. The summed E-state index contributed by atoms with van der Waals surface area (Å²) in [6.45, 7) is 4.16. The van der Waals surface area contributed by atoms with E-state index in [9.17, 15) is 5.11 Å². The summed E-state index contributed by atoms with van der Waals surface area (Å²) in [6.07, 6.45) is 3.38. The number of piperidine rings is 1. The van der Waals surface area contributed by atoms with Gasteiger partial charge >= 0.3 is 0 Å². The predicted molar refractivity (Wildman–Crippen MR) is 44.3 cm³/mol. The van der Waals surface area contributed by atoms with Crippen LogP contribution in [0.4, 0.5) is 0 Å². The van der Waals surface area contributed by atoms with Crippen molar-refractivity contribution in [1.82, 2.24) is 5.32 Å². The molecule has 1 heterocycles. The van der Waals surface area contributed by atoms with Crippen LogP contribution < -0.4 is 5.32 Å². The lowest BCUT2D eigenvalue weighted by Gasteiger charge is -2.39. The summed E-state index contributed by atoms with van der Waals surface area (Å²) in [5.41, 5.74) is -0.314. The van der Waals surface area contributed by atoms with E-state index in [1.165, 1.54) is 12.8 Å². The first-order valence-electron chi connectivity index (χ1n) is 4.70. The van der Waals surface area contributed by atoms with E-state index < -0.39 is 0 Å². The first-order chi connectivity index (χ1) is 5.27. The highest BCUT2D eigenvalue weighted by Crippen LogP contribution is 2.44. The maximum atomic E-state index is 10.2. The Kier molecular flexibility index (Phi) is 1.69. The second-order valence-electron chi connectivity index (χ2n) is 3.97. The monoisotopic (exact) mass is 155 g/mol. The Hall–Kier alpha value is -0.0800. The molecule has 0 amide bonds. The van der Waals surface area contributed by atoms with Crippen LogP contribution in [0.2, 0.25) is 0 Å². The first-order valence-corrected chi connectivity index (χ1v) is 4.70. The molecular weight excluding hydrogens is 138 g/mol. The maximum absolute atomic E-state index is 10.2. The fourth-order valence-corrected chi connectivity index (χ4v) is 2.80. The molecule has 2 nitrogen and oxygen atoms in total. The molecule has 2 bridgehead atoms. The summed E-state index contributed by atoms with van der Waals surface area (Å²) in [5.74, 6) is 1.07. The van der Waals surface area contributed by atoms with Crippen LogP contribution in [0, 0.1) is 11.8 Å². The molecule has 0 aromatic carbocycles. The van der Waals surface area contributed by atoms with Gasteiger partial charge in [-0.3, -0.25) is 0 Å². The van der Waals surface area contributed by atoms with E-state index in [0.717, 1.165) is 19.5 Å². The van der Waals surface area contributed by atoms with Gasteiger partial charge in [-0.2, -0.15) is 0 Å². The molecule has 64 valence electrons. The minimum atomic E-state index is -0.314. The highest BCUT2D eigenvalue weighted by Gasteiger charge is 2.49. The Morgan fingerprint density at radius 1 is 1.36 bits per heavy atom. The molecule has 0 radical (unpaired) electrons. The van der Waals surface area contributed by atoms with Gasteiger partial charge in [0.05, 0.1) is 5.60 Å². The lowest BCUT2D eigenvalue weighted by molar-refractivity contribution is -0.0541. The molecule has 2 fully saturated rings. The van der Waals surface area contributed by atoms with Gasteiger partial charge in [-0.1, -0.05) is 6.92 Å². The lowest BCUT2D eigenvalue weighted by Crippen LogP contribution is -2.51. The van der Waals surface area contributed by atoms with Gasteiger partial charge in [-0.05, 0) is 19.3 Å². The molecule has 2 heteroatoms. The van der Waals surface area contributed by atoms with Crippen LogP contribution in [-0.4, -0.2) is 23.8 Å². The Bertz CT molecular complexity index is 142. The SMILES string of the molecule is CCC1(O)C2CCC1CNC2. The molecule has 0 aromatic heterocycles. The smallest absolute Gasteiger partial charge is 0.0725 e. The summed E-state index contributed by atoms with van der Waals surface area (Å²) >= 11 is 0. The molecular formula is C9H17NO. The molecule has 11 heavy (non-hydrogen) atoms. The van der Waals surface area contributed by atoms with Gasteiger partial charge in [-0.25, -0.2) is 0 Å². The Morgan fingerprint density at radius 3 is 2.27 bits per heavy atom. The Morgan fingerprint density at radius 2 is 1.91 bits per heavy atom. The van der Waals surface area contributed by atoms with Crippen molar-refractivity contribution in [1.29, 1.82) is 0 Å². The van der Waals surface area contributed by atoms with E-state index in [0.29, 0.717) is 11.8 Å². The van der Waals surface area contributed by atoms with Crippen molar-refractivity contribution < 1.29 is 5.11 Å². The minimum Gasteiger partial charge on any atom is -0.389 e. The Balaban J connectivity index is 2.20. The number of fused-ring (bicyclic) bond motifs is 2. The molecule has 2 atom stereocenters. The molecule has 0 aromatic rings. The average molecular weight is 155 g/mol. The van der Waals surface area contributed by atoms with Crippen LogP contribution in [0.3, 0.4) is 0 Å². The standard InChI is InChI=1S/C9H17NO/c1-2-9(11)7-3-4-8(9)6-10-5-7/h7-8,10-11H,2-6H2,1H3. The third kappa shape index (κ3) is 0.926. The van der Waals surface area contributed by atoms with E-state index in [2.05, 4.69) is 12.2 Å². The van der Waals surface area contributed by atoms with E-state index in [1.54, 1.807) is 0 Å². The molecule has 1 saturated carbocycles. The van der Waals surface area contributed by atoms with Crippen LogP contribution in [-0.2, 0) is 0 Å². The van der Waals surface area contributed by atoms with E-state index in [-0.39, 0.29) is 5.60 Å². The van der Waals surface area contributed by atoms with Gasteiger partial charge in [0.15, 0.2) is 0 Å². The zero-order valence-electron chi connectivity index (χ0n) is 7.14. The summed E-state index contributed by atoms with van der Waals surface area (Å²) in [7, 11) is 0. The summed E-state index contributed by atoms with van der Waals surface area (Å²) < 4.78 is 0.